The van der Waals surface area contributed by atoms with Crippen molar-refractivity contribution in [3.8, 4) is 0 Å². The maximum absolute atomic E-state index is 8.74. The topological polar surface area (TPSA) is 74.6 Å². The molecule has 0 amide bonds. The first kappa shape index (κ1) is 15.6. The number of hydrogen-bond acceptors (Lipinski definition) is 2. The van der Waals surface area contributed by atoms with E-state index in [0.717, 1.165) is 0 Å². The summed E-state index contributed by atoms with van der Waals surface area (Å²) in [6, 6.07) is 0. The second-order valence-corrected chi connectivity index (χ2v) is 1.34. The SMILES string of the molecule is F.O=S(=O)(O)O.[H-].[H-].[Mg+2]. The minimum absolute atomic E-state index is 0. The van der Waals surface area contributed by atoms with Gasteiger partial charge in [0.1, 0.15) is 0 Å². The molecule has 0 fully saturated rings. The van der Waals surface area contributed by atoms with Gasteiger partial charge in [-0.2, -0.15) is 8.42 Å². The van der Waals surface area contributed by atoms with Crippen LogP contribution in [0.5, 0.6) is 0 Å². The molecule has 0 atom stereocenters. The fourth-order valence-electron chi connectivity index (χ4n) is 0. The van der Waals surface area contributed by atoms with Crippen molar-refractivity contribution in [2.24, 2.45) is 0 Å². The first-order valence-corrected chi connectivity index (χ1v) is 2.10. The Kier molecular flexibility index (Phi) is 10.5. The van der Waals surface area contributed by atoms with Gasteiger partial charge in [-0.1, -0.05) is 0 Å². The molecule has 0 aliphatic heterocycles. The molecule has 0 heterocycles. The Morgan fingerprint density at radius 1 is 1.29 bits per heavy atom. The molecule has 0 radical (unpaired) electrons. The van der Waals surface area contributed by atoms with Crippen LogP contribution < -0.4 is 0 Å². The van der Waals surface area contributed by atoms with Crippen LogP contribution in [0.1, 0.15) is 2.85 Å². The van der Waals surface area contributed by atoms with Gasteiger partial charge in [0.05, 0.1) is 0 Å². The Bertz CT molecular complexity index is 102. The van der Waals surface area contributed by atoms with Crippen LogP contribution >= 0.6 is 0 Å². The molecule has 0 spiro atoms. The number of halogens is 1. The Morgan fingerprint density at radius 3 is 1.29 bits per heavy atom. The molecular formula is H5FMgO4S. The van der Waals surface area contributed by atoms with Crippen LogP contribution in [0.2, 0.25) is 0 Å². The molecule has 7 heteroatoms. The maximum atomic E-state index is 8.74. The monoisotopic (exact) mass is 144 g/mol. The molecule has 0 bridgehead atoms. The van der Waals surface area contributed by atoms with E-state index in [9.17, 15) is 0 Å². The summed E-state index contributed by atoms with van der Waals surface area (Å²) < 4.78 is 31.6. The van der Waals surface area contributed by atoms with Crippen molar-refractivity contribution in [2.45, 2.75) is 0 Å². The Morgan fingerprint density at radius 2 is 1.29 bits per heavy atom. The second kappa shape index (κ2) is 4.72. The van der Waals surface area contributed by atoms with Gasteiger partial charge < -0.3 is 2.85 Å². The standard InChI is InChI=1S/FH.Mg.H2O4S.2H/c;;1-5(2,3)4;;/h1H;;(H2,1,2,3,4);;/q;+2;;2*-1. The second-order valence-electron chi connectivity index (χ2n) is 0.448. The molecule has 44 valence electrons. The third kappa shape index (κ3) is 427. The fraction of sp³-hybridized carbons (Fsp3) is 0. The van der Waals surface area contributed by atoms with Gasteiger partial charge in [-0.25, -0.2) is 0 Å². The van der Waals surface area contributed by atoms with Crippen molar-refractivity contribution in [3.05, 3.63) is 0 Å². The Hall–Kier alpha value is 0.566. The van der Waals surface area contributed by atoms with E-state index >= 15 is 0 Å². The molecular weight excluding hydrogens is 139 g/mol. The molecule has 0 aliphatic carbocycles. The van der Waals surface area contributed by atoms with Gasteiger partial charge in [0, 0.05) is 0 Å². The molecule has 0 unspecified atom stereocenters. The predicted octanol–water partition coefficient (Wildman–Crippen LogP) is -0.656. The van der Waals surface area contributed by atoms with Gasteiger partial charge in [0.25, 0.3) is 0 Å². The summed E-state index contributed by atoms with van der Waals surface area (Å²) in [4.78, 5) is 0. The molecule has 0 aromatic rings. The van der Waals surface area contributed by atoms with E-state index < -0.39 is 10.4 Å². The summed E-state index contributed by atoms with van der Waals surface area (Å²) in [5, 5.41) is 0. The molecule has 2 N–H and O–H groups in total. The van der Waals surface area contributed by atoms with Gasteiger partial charge in [0.2, 0.25) is 0 Å². The summed E-state index contributed by atoms with van der Waals surface area (Å²) in [7, 11) is -4.67. The Balaban J connectivity index is -0.0000000133. The quantitative estimate of drug-likeness (QED) is 0.350. The molecule has 0 aromatic carbocycles. The summed E-state index contributed by atoms with van der Waals surface area (Å²) in [6.45, 7) is 0. The third-order valence-corrected chi connectivity index (χ3v) is 0. The van der Waals surface area contributed by atoms with Gasteiger partial charge in [-0.3, -0.25) is 13.8 Å². The van der Waals surface area contributed by atoms with Crippen LogP contribution in [0.25, 0.3) is 0 Å². The van der Waals surface area contributed by atoms with E-state index in [-0.39, 0.29) is 30.6 Å². The average Bonchev–Trinajstić information content (AvgIpc) is 0.722. The van der Waals surface area contributed by atoms with Crippen LogP contribution in [0, 0.1) is 0 Å². The summed E-state index contributed by atoms with van der Waals surface area (Å²) >= 11 is 0. The molecule has 4 nitrogen and oxygen atoms in total. The molecule has 0 aliphatic rings. The normalized spacial score (nSPS) is 8.29. The fourth-order valence-corrected chi connectivity index (χ4v) is 0. The van der Waals surface area contributed by atoms with E-state index in [4.69, 9.17) is 17.5 Å². The van der Waals surface area contributed by atoms with E-state index in [0.29, 0.717) is 0 Å². The van der Waals surface area contributed by atoms with Crippen molar-refractivity contribution in [3.63, 3.8) is 0 Å². The minimum Gasteiger partial charge on any atom is -1.00 e. The zero-order valence-corrected chi connectivity index (χ0v) is 5.47. The van der Waals surface area contributed by atoms with E-state index in [1.807, 2.05) is 0 Å². The van der Waals surface area contributed by atoms with Crippen LogP contribution in [0.3, 0.4) is 0 Å². The van der Waals surface area contributed by atoms with Crippen LogP contribution in [-0.2, 0) is 10.4 Å². The summed E-state index contributed by atoms with van der Waals surface area (Å²) in [6.07, 6.45) is 0. The number of rotatable bonds is 0. The van der Waals surface area contributed by atoms with Gasteiger partial charge >= 0.3 is 33.5 Å². The van der Waals surface area contributed by atoms with Crippen molar-refractivity contribution >= 4 is 33.5 Å². The van der Waals surface area contributed by atoms with Gasteiger partial charge in [-0.05, 0) is 0 Å². The van der Waals surface area contributed by atoms with Gasteiger partial charge in [0.15, 0.2) is 0 Å². The molecule has 7 heavy (non-hydrogen) atoms. The smallest absolute Gasteiger partial charge is 1.00 e. The largest absolute Gasteiger partial charge is 2.00 e. The van der Waals surface area contributed by atoms with Crippen LogP contribution in [-0.4, -0.2) is 40.6 Å². The molecule has 0 saturated carbocycles. The van der Waals surface area contributed by atoms with E-state index in [1.165, 1.54) is 0 Å². The predicted molar refractivity (Wildman–Crippen MR) is 24.7 cm³/mol. The summed E-state index contributed by atoms with van der Waals surface area (Å²) in [5.74, 6) is 0. The van der Waals surface area contributed by atoms with Gasteiger partial charge in [-0.15, -0.1) is 0 Å². The van der Waals surface area contributed by atoms with Crippen molar-refractivity contribution in [2.75, 3.05) is 0 Å². The van der Waals surface area contributed by atoms with Crippen molar-refractivity contribution in [1.82, 2.24) is 0 Å². The minimum atomic E-state index is -4.67. The van der Waals surface area contributed by atoms with E-state index in [1.54, 1.807) is 0 Å². The zero-order valence-electron chi connectivity index (χ0n) is 5.23. The first-order chi connectivity index (χ1) is 2.00. The summed E-state index contributed by atoms with van der Waals surface area (Å²) in [5.41, 5.74) is 0. The molecule has 0 rings (SSSR count). The zero-order chi connectivity index (χ0) is 4.50. The van der Waals surface area contributed by atoms with Crippen LogP contribution in [0.4, 0.5) is 4.70 Å². The van der Waals surface area contributed by atoms with E-state index in [2.05, 4.69) is 0 Å². The maximum Gasteiger partial charge on any atom is 2.00 e. The van der Waals surface area contributed by atoms with Crippen molar-refractivity contribution in [1.29, 1.82) is 0 Å². The first-order valence-electron chi connectivity index (χ1n) is 0.698. The number of hydrogen-bond donors (Lipinski definition) is 2. The Labute approximate surface area is 59.0 Å². The molecule has 0 saturated heterocycles. The average molecular weight is 144 g/mol. The molecule has 0 aromatic heterocycles. The van der Waals surface area contributed by atoms with Crippen LogP contribution in [0.15, 0.2) is 0 Å². The van der Waals surface area contributed by atoms with Crippen molar-refractivity contribution < 1.29 is 25.1 Å². The third-order valence-electron chi connectivity index (χ3n) is 0.